The van der Waals surface area contributed by atoms with Crippen LogP contribution in [0, 0.1) is 12.7 Å². The Bertz CT molecular complexity index is 1730. The molecule has 0 aliphatic heterocycles. The fourth-order valence-corrected chi connectivity index (χ4v) is 5.02. The van der Waals surface area contributed by atoms with Crippen LogP contribution in [-0.2, 0) is 0 Å². The minimum atomic E-state index is -0.427. The summed E-state index contributed by atoms with van der Waals surface area (Å²) in [6, 6.07) is 10.9. The van der Waals surface area contributed by atoms with Crippen LogP contribution in [0.2, 0.25) is 0 Å². The first kappa shape index (κ1) is 20.4. The average Bonchev–Trinajstić information content (AvgIpc) is 3.56. The lowest BCUT2D eigenvalue weighted by Crippen LogP contribution is -1.88. The van der Waals surface area contributed by atoms with E-state index in [1.807, 2.05) is 37.3 Å². The van der Waals surface area contributed by atoms with Crippen molar-refractivity contribution in [2.24, 2.45) is 0 Å². The number of rotatable bonds is 4. The molecule has 0 spiro atoms. The lowest BCUT2D eigenvalue weighted by atomic mass is 10.0. The smallest absolute Gasteiger partial charge is 0.178 e. The van der Waals surface area contributed by atoms with Crippen LogP contribution in [0.15, 0.2) is 55.0 Å². The van der Waals surface area contributed by atoms with Crippen LogP contribution in [0.4, 0.5) is 4.39 Å². The second kappa shape index (κ2) is 7.67. The van der Waals surface area contributed by atoms with Crippen molar-refractivity contribution in [3.63, 3.8) is 0 Å². The van der Waals surface area contributed by atoms with Gasteiger partial charge in [0.15, 0.2) is 23.1 Å². The summed E-state index contributed by atoms with van der Waals surface area (Å²) in [6.07, 6.45) is 5.12. The van der Waals surface area contributed by atoms with Gasteiger partial charge in [-0.1, -0.05) is 0 Å². The maximum atomic E-state index is 15.0. The molecule has 0 unspecified atom stereocenters. The molecule has 0 fully saturated rings. The lowest BCUT2D eigenvalue weighted by Gasteiger charge is -2.06. The molecule has 0 atom stereocenters. The standard InChI is InChI=1S/C25H17FN6OS/c1-12-5-7-27-11-17(12)14-9-16-21(18(26)10-14)31-32-23(16)25-29-22-15(6-8-28-24(22)30-25)20-4-3-19(34-20)13(2)33/h3-11H,1-2H3,(H,31,32)(H,28,29,30). The number of fused-ring (bicyclic) bond motifs is 2. The van der Waals surface area contributed by atoms with Crippen molar-refractivity contribution >= 4 is 39.2 Å². The van der Waals surface area contributed by atoms with Gasteiger partial charge in [-0.25, -0.2) is 14.4 Å². The molecule has 6 rings (SSSR count). The Balaban J connectivity index is 1.52. The number of ketones is 1. The Morgan fingerprint density at radius 1 is 1.09 bits per heavy atom. The molecule has 0 saturated carbocycles. The number of imidazole rings is 1. The Hall–Kier alpha value is -4.24. The quantitative estimate of drug-likeness (QED) is 0.312. The number of hydrogen-bond donors (Lipinski definition) is 2. The minimum Gasteiger partial charge on any atom is -0.335 e. The molecular weight excluding hydrogens is 451 g/mol. The topological polar surface area (TPSA) is 100 Å². The molecule has 7 nitrogen and oxygen atoms in total. The number of carbonyl (C=O) groups excluding carboxylic acids is 1. The molecular formula is C25H17FN6OS. The van der Waals surface area contributed by atoms with Gasteiger partial charge < -0.3 is 4.98 Å². The molecule has 0 aliphatic carbocycles. The van der Waals surface area contributed by atoms with Gasteiger partial charge in [-0.2, -0.15) is 5.10 Å². The highest BCUT2D eigenvalue weighted by Crippen LogP contribution is 2.36. The first-order valence-corrected chi connectivity index (χ1v) is 11.4. The van der Waals surface area contributed by atoms with E-state index in [1.54, 1.807) is 25.5 Å². The molecule has 1 aromatic carbocycles. The highest BCUT2D eigenvalue weighted by Gasteiger charge is 2.19. The number of carbonyl (C=O) groups is 1. The van der Waals surface area contributed by atoms with Crippen molar-refractivity contribution in [1.82, 2.24) is 30.1 Å². The number of aromatic amines is 2. The summed E-state index contributed by atoms with van der Waals surface area (Å²) in [5, 5.41) is 7.73. The van der Waals surface area contributed by atoms with E-state index in [9.17, 15) is 9.18 Å². The third-order valence-corrected chi connectivity index (χ3v) is 7.03. The Morgan fingerprint density at radius 2 is 1.97 bits per heavy atom. The van der Waals surface area contributed by atoms with Gasteiger partial charge in [0.25, 0.3) is 0 Å². The van der Waals surface area contributed by atoms with Gasteiger partial charge in [0.1, 0.15) is 11.2 Å². The number of nitrogens with zero attached hydrogens (tertiary/aromatic N) is 4. The molecule has 2 N–H and O–H groups in total. The second-order valence-electron chi connectivity index (χ2n) is 8.01. The zero-order valence-corrected chi connectivity index (χ0v) is 19.0. The summed E-state index contributed by atoms with van der Waals surface area (Å²) in [7, 11) is 0. The summed E-state index contributed by atoms with van der Waals surface area (Å²) in [4.78, 5) is 29.9. The zero-order valence-electron chi connectivity index (χ0n) is 18.2. The molecule has 0 aliphatic rings. The van der Waals surface area contributed by atoms with E-state index in [4.69, 9.17) is 0 Å². The molecule has 0 amide bonds. The van der Waals surface area contributed by atoms with Gasteiger partial charge >= 0.3 is 0 Å². The first-order chi connectivity index (χ1) is 16.5. The van der Waals surface area contributed by atoms with Crippen molar-refractivity contribution in [3.05, 3.63) is 71.2 Å². The van der Waals surface area contributed by atoms with Gasteiger partial charge in [0, 0.05) is 40.0 Å². The Morgan fingerprint density at radius 3 is 2.76 bits per heavy atom. The van der Waals surface area contributed by atoms with E-state index in [2.05, 4.69) is 30.1 Å². The van der Waals surface area contributed by atoms with Gasteiger partial charge in [0.2, 0.25) is 0 Å². The summed E-state index contributed by atoms with van der Waals surface area (Å²) in [5.41, 5.74) is 5.51. The van der Waals surface area contributed by atoms with Gasteiger partial charge in [-0.15, -0.1) is 11.3 Å². The summed E-state index contributed by atoms with van der Waals surface area (Å²) >= 11 is 1.42. The Kier molecular flexibility index (Phi) is 4.59. The molecule has 5 aromatic heterocycles. The second-order valence-corrected chi connectivity index (χ2v) is 9.09. The van der Waals surface area contributed by atoms with Crippen LogP contribution in [-0.4, -0.2) is 35.9 Å². The fourth-order valence-electron chi connectivity index (χ4n) is 4.08. The van der Waals surface area contributed by atoms with E-state index >= 15 is 0 Å². The first-order valence-electron chi connectivity index (χ1n) is 10.5. The largest absolute Gasteiger partial charge is 0.335 e. The predicted octanol–water partition coefficient (Wildman–Crippen LogP) is 5.94. The summed E-state index contributed by atoms with van der Waals surface area (Å²) in [5.74, 6) is 0.0984. The van der Waals surface area contributed by atoms with Crippen molar-refractivity contribution in [2.75, 3.05) is 0 Å². The maximum Gasteiger partial charge on any atom is 0.178 e. The minimum absolute atomic E-state index is 0.0254. The van der Waals surface area contributed by atoms with Crippen molar-refractivity contribution < 1.29 is 9.18 Å². The molecule has 34 heavy (non-hydrogen) atoms. The van der Waals surface area contributed by atoms with Crippen molar-refractivity contribution in [2.45, 2.75) is 13.8 Å². The number of thiophene rings is 1. The normalized spacial score (nSPS) is 11.5. The van der Waals surface area contributed by atoms with E-state index in [-0.39, 0.29) is 11.3 Å². The highest BCUT2D eigenvalue weighted by molar-refractivity contribution is 7.17. The SMILES string of the molecule is CC(=O)c1ccc(-c2ccnc3nc(-c4[nH]nc5c(F)cc(-c6cnccc6C)cc45)[nH]c23)s1. The number of pyridine rings is 2. The number of benzene rings is 1. The van der Waals surface area contributed by atoms with Gasteiger partial charge in [-0.3, -0.25) is 14.9 Å². The molecule has 166 valence electrons. The average molecular weight is 469 g/mol. The number of hydrogen-bond acceptors (Lipinski definition) is 6. The van der Waals surface area contributed by atoms with Crippen LogP contribution in [0.25, 0.3) is 55.2 Å². The third kappa shape index (κ3) is 3.20. The van der Waals surface area contributed by atoms with Crippen molar-refractivity contribution in [3.8, 4) is 33.1 Å². The predicted molar refractivity (Wildman–Crippen MR) is 130 cm³/mol. The van der Waals surface area contributed by atoms with Crippen LogP contribution < -0.4 is 0 Å². The van der Waals surface area contributed by atoms with Crippen LogP contribution >= 0.6 is 11.3 Å². The molecule has 0 saturated heterocycles. The number of nitrogens with one attached hydrogen (secondary N) is 2. The van der Waals surface area contributed by atoms with E-state index in [1.165, 1.54) is 17.4 Å². The monoisotopic (exact) mass is 468 g/mol. The van der Waals surface area contributed by atoms with Crippen LogP contribution in [0.5, 0.6) is 0 Å². The van der Waals surface area contributed by atoms with Crippen LogP contribution in [0.1, 0.15) is 22.2 Å². The lowest BCUT2D eigenvalue weighted by molar-refractivity contribution is 0.102. The maximum absolute atomic E-state index is 15.0. The van der Waals surface area contributed by atoms with E-state index in [0.717, 1.165) is 27.1 Å². The number of aromatic nitrogens is 6. The molecule has 6 aromatic rings. The number of aryl methyl sites for hydroxylation is 1. The number of halogens is 1. The highest BCUT2D eigenvalue weighted by atomic mass is 32.1. The molecule has 9 heteroatoms. The molecule has 0 radical (unpaired) electrons. The van der Waals surface area contributed by atoms with Crippen molar-refractivity contribution in [1.29, 1.82) is 0 Å². The number of H-pyrrole nitrogens is 2. The molecule has 5 heterocycles. The summed E-state index contributed by atoms with van der Waals surface area (Å²) in [6.45, 7) is 3.51. The van der Waals surface area contributed by atoms with E-state index < -0.39 is 5.82 Å². The van der Waals surface area contributed by atoms with E-state index in [0.29, 0.717) is 33.0 Å². The van der Waals surface area contributed by atoms with Gasteiger partial charge in [0.05, 0.1) is 10.4 Å². The van der Waals surface area contributed by atoms with Crippen LogP contribution in [0.3, 0.4) is 0 Å². The Labute approximate surface area is 196 Å². The fraction of sp³-hybridized carbons (Fsp3) is 0.0800. The zero-order chi connectivity index (χ0) is 23.4. The summed E-state index contributed by atoms with van der Waals surface area (Å²) < 4.78 is 15.0. The van der Waals surface area contributed by atoms with Gasteiger partial charge in [-0.05, 0) is 61.4 Å². The molecule has 0 bridgehead atoms. The third-order valence-electron chi connectivity index (χ3n) is 5.81. The number of Topliss-reactive ketones (excluding diaryl/α,β-unsaturated/α-hetero) is 1.